The molecule has 0 aliphatic carbocycles. The van der Waals surface area contributed by atoms with Gasteiger partial charge >= 0.3 is 6.03 Å². The third-order valence-electron chi connectivity index (χ3n) is 3.69. The Morgan fingerprint density at radius 1 is 1.36 bits per heavy atom. The van der Waals surface area contributed by atoms with E-state index in [2.05, 4.69) is 10.4 Å². The van der Waals surface area contributed by atoms with Crippen molar-refractivity contribution in [1.29, 1.82) is 0 Å². The maximum atomic E-state index is 12.0. The number of aromatic nitrogens is 2. The van der Waals surface area contributed by atoms with E-state index in [0.717, 1.165) is 11.1 Å². The Morgan fingerprint density at radius 3 is 2.73 bits per heavy atom. The fraction of sp³-hybridized carbons (Fsp3) is 0.375. The highest BCUT2D eigenvalue weighted by molar-refractivity contribution is 5.74. The van der Waals surface area contributed by atoms with Crippen LogP contribution in [0.1, 0.15) is 18.1 Å². The van der Waals surface area contributed by atoms with Gasteiger partial charge in [-0.3, -0.25) is 4.68 Å². The van der Waals surface area contributed by atoms with Gasteiger partial charge in [0.2, 0.25) is 0 Å². The lowest BCUT2D eigenvalue weighted by atomic mass is 10.1. The van der Waals surface area contributed by atoms with Crippen molar-refractivity contribution in [3.05, 3.63) is 53.9 Å². The molecular formula is C16H22N4O2. The minimum atomic E-state index is -0.209. The molecule has 0 saturated carbocycles. The molecule has 1 atom stereocenters. The van der Waals surface area contributed by atoms with Crippen molar-refractivity contribution in [2.75, 3.05) is 13.7 Å². The Hall–Kier alpha value is -2.34. The summed E-state index contributed by atoms with van der Waals surface area (Å²) in [4.78, 5) is 13.5. The number of hydrogen-bond acceptors (Lipinski definition) is 3. The van der Waals surface area contributed by atoms with Gasteiger partial charge in [-0.1, -0.05) is 24.3 Å². The lowest BCUT2D eigenvalue weighted by Crippen LogP contribution is -2.43. The summed E-state index contributed by atoms with van der Waals surface area (Å²) in [5, 5.41) is 16.2. The summed E-state index contributed by atoms with van der Waals surface area (Å²) in [5.41, 5.74) is 2.17. The van der Waals surface area contributed by atoms with Crippen LogP contribution in [0.15, 0.2) is 42.7 Å². The maximum Gasteiger partial charge on any atom is 0.317 e. The molecule has 2 aromatic rings. The topological polar surface area (TPSA) is 70.4 Å². The monoisotopic (exact) mass is 302 g/mol. The lowest BCUT2D eigenvalue weighted by Gasteiger charge is -2.23. The predicted molar refractivity (Wildman–Crippen MR) is 84.3 cm³/mol. The van der Waals surface area contributed by atoms with E-state index >= 15 is 0 Å². The molecule has 0 fully saturated rings. The summed E-state index contributed by atoms with van der Waals surface area (Å²) < 4.78 is 1.85. The zero-order valence-corrected chi connectivity index (χ0v) is 12.9. The average molecular weight is 302 g/mol. The molecule has 1 heterocycles. The molecule has 6 nitrogen and oxygen atoms in total. The van der Waals surface area contributed by atoms with E-state index in [0.29, 0.717) is 13.1 Å². The molecule has 2 amide bonds. The van der Waals surface area contributed by atoms with Gasteiger partial charge in [0.05, 0.1) is 19.2 Å². The van der Waals surface area contributed by atoms with Crippen LogP contribution in [-0.2, 0) is 13.1 Å². The van der Waals surface area contributed by atoms with Crippen molar-refractivity contribution < 1.29 is 9.90 Å². The second-order valence-corrected chi connectivity index (χ2v) is 5.27. The molecule has 2 rings (SSSR count). The number of hydrogen-bond donors (Lipinski definition) is 2. The molecule has 1 unspecified atom stereocenters. The van der Waals surface area contributed by atoms with Crippen molar-refractivity contribution in [2.24, 2.45) is 0 Å². The van der Waals surface area contributed by atoms with Crippen LogP contribution >= 0.6 is 0 Å². The molecular weight excluding hydrogens is 280 g/mol. The zero-order valence-electron chi connectivity index (χ0n) is 12.9. The molecule has 0 spiro atoms. The predicted octanol–water partition coefficient (Wildman–Crippen LogP) is 1.45. The van der Waals surface area contributed by atoms with E-state index in [9.17, 15) is 4.79 Å². The number of aliphatic hydroxyl groups is 1. The lowest BCUT2D eigenvalue weighted by molar-refractivity contribution is 0.157. The fourth-order valence-corrected chi connectivity index (χ4v) is 2.07. The number of nitrogens with zero attached hydrogens (tertiary/aromatic N) is 3. The van der Waals surface area contributed by atoms with E-state index in [4.69, 9.17) is 5.11 Å². The molecule has 0 aliphatic heterocycles. The minimum absolute atomic E-state index is 0.0557. The summed E-state index contributed by atoms with van der Waals surface area (Å²) >= 11 is 0. The number of carbonyl (C=O) groups excluding carboxylic acids is 1. The molecule has 0 radical (unpaired) electrons. The number of urea groups is 1. The van der Waals surface area contributed by atoms with Crippen LogP contribution < -0.4 is 5.32 Å². The maximum absolute atomic E-state index is 12.0. The van der Waals surface area contributed by atoms with Gasteiger partial charge in [-0.05, 0) is 24.1 Å². The van der Waals surface area contributed by atoms with Crippen molar-refractivity contribution in [1.82, 2.24) is 20.0 Å². The summed E-state index contributed by atoms with van der Waals surface area (Å²) in [7, 11) is 1.67. The standard InChI is InChI=1S/C16H22N4O2/c1-13(12-21)19(2)16(22)17-10-14-6-3-4-7-15(14)11-20-9-5-8-18-20/h3-9,13,21H,10-12H2,1-2H3,(H,17,22). The van der Waals surface area contributed by atoms with Gasteiger partial charge < -0.3 is 15.3 Å². The Kier molecular flexibility index (Phi) is 5.55. The Balaban J connectivity index is 1.99. The molecule has 0 bridgehead atoms. The van der Waals surface area contributed by atoms with Gasteiger partial charge in [0.1, 0.15) is 0 Å². The number of rotatable bonds is 6. The van der Waals surface area contributed by atoms with Crippen molar-refractivity contribution in [2.45, 2.75) is 26.1 Å². The summed E-state index contributed by atoms with van der Waals surface area (Å²) in [6, 6.07) is 9.43. The highest BCUT2D eigenvalue weighted by Gasteiger charge is 2.14. The number of likely N-dealkylation sites (N-methyl/N-ethyl adjacent to an activating group) is 1. The Morgan fingerprint density at radius 2 is 2.09 bits per heavy atom. The molecule has 22 heavy (non-hydrogen) atoms. The van der Waals surface area contributed by atoms with Gasteiger partial charge in [0.25, 0.3) is 0 Å². The van der Waals surface area contributed by atoms with Crippen LogP contribution in [0.5, 0.6) is 0 Å². The first-order valence-electron chi connectivity index (χ1n) is 7.27. The van der Waals surface area contributed by atoms with Crippen LogP contribution in [-0.4, -0.2) is 45.5 Å². The first-order chi connectivity index (χ1) is 10.6. The van der Waals surface area contributed by atoms with Gasteiger partial charge in [0, 0.05) is 26.0 Å². The highest BCUT2D eigenvalue weighted by atomic mass is 16.3. The smallest absolute Gasteiger partial charge is 0.317 e. The van der Waals surface area contributed by atoms with E-state index in [1.54, 1.807) is 20.2 Å². The third kappa shape index (κ3) is 4.08. The van der Waals surface area contributed by atoms with Gasteiger partial charge in [-0.15, -0.1) is 0 Å². The molecule has 6 heteroatoms. The number of benzene rings is 1. The Bertz CT molecular complexity index is 598. The summed E-state index contributed by atoms with van der Waals surface area (Å²) in [6.45, 7) is 2.85. The van der Waals surface area contributed by atoms with Crippen LogP contribution in [0, 0.1) is 0 Å². The number of amides is 2. The second-order valence-electron chi connectivity index (χ2n) is 5.27. The molecule has 0 aliphatic rings. The van der Waals surface area contributed by atoms with E-state index < -0.39 is 0 Å². The van der Waals surface area contributed by atoms with Crippen molar-refractivity contribution in [3.63, 3.8) is 0 Å². The third-order valence-corrected chi connectivity index (χ3v) is 3.69. The zero-order chi connectivity index (χ0) is 15.9. The van der Waals surface area contributed by atoms with Gasteiger partial charge in [-0.2, -0.15) is 5.10 Å². The van der Waals surface area contributed by atoms with E-state index in [-0.39, 0.29) is 18.7 Å². The minimum Gasteiger partial charge on any atom is -0.394 e. The van der Waals surface area contributed by atoms with Crippen molar-refractivity contribution >= 4 is 6.03 Å². The second kappa shape index (κ2) is 7.61. The Labute approximate surface area is 130 Å². The first-order valence-corrected chi connectivity index (χ1v) is 7.27. The molecule has 0 saturated heterocycles. The largest absolute Gasteiger partial charge is 0.394 e. The van der Waals surface area contributed by atoms with Crippen LogP contribution in [0.4, 0.5) is 4.79 Å². The average Bonchev–Trinajstić information content (AvgIpc) is 3.05. The molecule has 118 valence electrons. The van der Waals surface area contributed by atoms with Crippen molar-refractivity contribution in [3.8, 4) is 0 Å². The van der Waals surface area contributed by atoms with Crippen LogP contribution in [0.2, 0.25) is 0 Å². The quantitative estimate of drug-likeness (QED) is 0.848. The molecule has 1 aromatic carbocycles. The van der Waals surface area contributed by atoms with Gasteiger partial charge in [0.15, 0.2) is 0 Å². The first kappa shape index (κ1) is 16.0. The number of carbonyl (C=O) groups is 1. The highest BCUT2D eigenvalue weighted by Crippen LogP contribution is 2.10. The fourth-order valence-electron chi connectivity index (χ4n) is 2.07. The molecule has 2 N–H and O–H groups in total. The number of nitrogens with one attached hydrogen (secondary N) is 1. The van der Waals surface area contributed by atoms with E-state index in [1.807, 2.05) is 41.2 Å². The summed E-state index contributed by atoms with van der Waals surface area (Å²) in [5.74, 6) is 0. The summed E-state index contributed by atoms with van der Waals surface area (Å²) in [6.07, 6.45) is 3.65. The normalized spacial score (nSPS) is 12.0. The van der Waals surface area contributed by atoms with Crippen LogP contribution in [0.25, 0.3) is 0 Å². The van der Waals surface area contributed by atoms with Gasteiger partial charge in [-0.25, -0.2) is 4.79 Å². The van der Waals surface area contributed by atoms with Crippen LogP contribution in [0.3, 0.4) is 0 Å². The van der Waals surface area contributed by atoms with E-state index in [1.165, 1.54) is 4.90 Å². The molecule has 1 aromatic heterocycles. The number of aliphatic hydroxyl groups excluding tert-OH is 1. The SMILES string of the molecule is CC(CO)N(C)C(=O)NCc1ccccc1Cn1cccn1.